The van der Waals surface area contributed by atoms with Gasteiger partial charge in [-0.05, 0) is 24.3 Å². The number of benzene rings is 1. The van der Waals surface area contributed by atoms with Gasteiger partial charge < -0.3 is 0 Å². The Labute approximate surface area is 130 Å². The lowest BCUT2D eigenvalue weighted by Crippen LogP contribution is -2.30. The SMILES string of the molecule is NNC(=O)c1ccc(CSc2c(Cl)cccc2Cl)nc1. The van der Waals surface area contributed by atoms with Gasteiger partial charge in [-0.1, -0.05) is 29.3 Å². The second-order valence-electron chi connectivity index (χ2n) is 3.85. The second kappa shape index (κ2) is 6.95. The Morgan fingerprint density at radius 2 is 1.95 bits per heavy atom. The predicted molar refractivity (Wildman–Crippen MR) is 81.9 cm³/mol. The van der Waals surface area contributed by atoms with Gasteiger partial charge in [0.15, 0.2) is 0 Å². The lowest BCUT2D eigenvalue weighted by Gasteiger charge is -2.06. The maximum atomic E-state index is 11.3. The molecule has 0 unspecified atom stereocenters. The van der Waals surface area contributed by atoms with E-state index in [1.807, 2.05) is 0 Å². The Morgan fingerprint density at radius 3 is 2.50 bits per heavy atom. The Kier molecular flexibility index (Phi) is 5.25. The van der Waals surface area contributed by atoms with Gasteiger partial charge in [0.2, 0.25) is 0 Å². The lowest BCUT2D eigenvalue weighted by atomic mass is 10.2. The lowest BCUT2D eigenvalue weighted by molar-refractivity contribution is 0.0953. The van der Waals surface area contributed by atoms with Crippen LogP contribution in [-0.4, -0.2) is 10.9 Å². The van der Waals surface area contributed by atoms with Crippen molar-refractivity contribution in [3.05, 3.63) is 57.8 Å². The van der Waals surface area contributed by atoms with E-state index in [0.717, 1.165) is 10.6 Å². The molecule has 0 aliphatic rings. The standard InChI is InChI=1S/C13H11Cl2N3OS/c14-10-2-1-3-11(15)12(10)20-7-9-5-4-8(6-17-9)13(19)18-16/h1-6H,7,16H2,(H,18,19). The number of nitrogens with two attached hydrogens (primary N) is 1. The van der Waals surface area contributed by atoms with Gasteiger partial charge in [0.25, 0.3) is 5.91 Å². The molecule has 1 amide bonds. The maximum absolute atomic E-state index is 11.3. The summed E-state index contributed by atoms with van der Waals surface area (Å²) in [5.41, 5.74) is 3.29. The number of nitrogens with zero attached hydrogens (tertiary/aromatic N) is 1. The normalized spacial score (nSPS) is 10.3. The van der Waals surface area contributed by atoms with Crippen molar-refractivity contribution in [1.29, 1.82) is 0 Å². The molecule has 0 aliphatic carbocycles. The number of carbonyl (C=O) groups excluding carboxylic acids is 1. The van der Waals surface area contributed by atoms with Crippen LogP contribution in [0.2, 0.25) is 10.0 Å². The van der Waals surface area contributed by atoms with Crippen molar-refractivity contribution in [3.8, 4) is 0 Å². The van der Waals surface area contributed by atoms with Crippen molar-refractivity contribution in [2.45, 2.75) is 10.6 Å². The van der Waals surface area contributed by atoms with Crippen LogP contribution in [0.25, 0.3) is 0 Å². The molecule has 104 valence electrons. The predicted octanol–water partition coefficient (Wildman–Crippen LogP) is 3.28. The molecule has 1 heterocycles. The highest BCUT2D eigenvalue weighted by Crippen LogP contribution is 2.35. The second-order valence-corrected chi connectivity index (χ2v) is 5.65. The van der Waals surface area contributed by atoms with E-state index in [1.54, 1.807) is 30.3 Å². The zero-order valence-electron chi connectivity index (χ0n) is 10.3. The number of aromatic nitrogens is 1. The molecular formula is C13H11Cl2N3OS. The molecule has 1 aromatic heterocycles. The Morgan fingerprint density at radius 1 is 1.25 bits per heavy atom. The number of hydrogen-bond donors (Lipinski definition) is 2. The van der Waals surface area contributed by atoms with Crippen molar-refractivity contribution in [3.63, 3.8) is 0 Å². The van der Waals surface area contributed by atoms with Gasteiger partial charge in [-0.3, -0.25) is 15.2 Å². The number of amides is 1. The van der Waals surface area contributed by atoms with Crippen molar-refractivity contribution in [2.24, 2.45) is 5.84 Å². The van der Waals surface area contributed by atoms with Gasteiger partial charge in [0, 0.05) is 16.8 Å². The molecule has 0 saturated heterocycles. The molecule has 7 heteroatoms. The van der Waals surface area contributed by atoms with Crippen LogP contribution >= 0.6 is 35.0 Å². The highest BCUT2D eigenvalue weighted by atomic mass is 35.5. The molecule has 2 aromatic rings. The van der Waals surface area contributed by atoms with Crippen LogP contribution in [0.5, 0.6) is 0 Å². The topological polar surface area (TPSA) is 68.0 Å². The molecule has 0 spiro atoms. The zero-order valence-corrected chi connectivity index (χ0v) is 12.6. The Hall–Kier alpha value is -1.27. The number of pyridine rings is 1. The van der Waals surface area contributed by atoms with E-state index in [1.165, 1.54) is 18.0 Å². The van der Waals surface area contributed by atoms with E-state index in [4.69, 9.17) is 29.0 Å². The van der Waals surface area contributed by atoms with Crippen molar-refractivity contribution >= 4 is 40.9 Å². The molecule has 20 heavy (non-hydrogen) atoms. The van der Waals surface area contributed by atoms with Crippen LogP contribution < -0.4 is 11.3 Å². The molecule has 2 rings (SSSR count). The van der Waals surface area contributed by atoms with Gasteiger partial charge in [-0.2, -0.15) is 0 Å². The highest BCUT2D eigenvalue weighted by molar-refractivity contribution is 7.98. The zero-order chi connectivity index (χ0) is 14.5. The van der Waals surface area contributed by atoms with Crippen molar-refractivity contribution in [2.75, 3.05) is 0 Å². The van der Waals surface area contributed by atoms with Crippen LogP contribution in [-0.2, 0) is 5.75 Å². The Balaban J connectivity index is 2.06. The number of carbonyl (C=O) groups is 1. The molecular weight excluding hydrogens is 317 g/mol. The number of hydrogen-bond acceptors (Lipinski definition) is 4. The summed E-state index contributed by atoms with van der Waals surface area (Å²) in [7, 11) is 0. The molecule has 3 N–H and O–H groups in total. The molecule has 0 aliphatic heterocycles. The summed E-state index contributed by atoms with van der Waals surface area (Å²) in [4.78, 5) is 16.3. The van der Waals surface area contributed by atoms with Crippen LogP contribution in [0, 0.1) is 0 Å². The fourth-order valence-electron chi connectivity index (χ4n) is 1.49. The van der Waals surface area contributed by atoms with Crippen LogP contribution in [0.15, 0.2) is 41.4 Å². The quantitative estimate of drug-likeness (QED) is 0.391. The fourth-order valence-corrected chi connectivity index (χ4v) is 3.09. The molecule has 4 nitrogen and oxygen atoms in total. The van der Waals surface area contributed by atoms with Gasteiger partial charge >= 0.3 is 0 Å². The summed E-state index contributed by atoms with van der Waals surface area (Å²) < 4.78 is 0. The molecule has 0 saturated carbocycles. The van der Waals surface area contributed by atoms with E-state index in [0.29, 0.717) is 21.4 Å². The van der Waals surface area contributed by atoms with Gasteiger partial charge in [0.05, 0.1) is 21.3 Å². The monoisotopic (exact) mass is 327 g/mol. The third kappa shape index (κ3) is 3.64. The smallest absolute Gasteiger partial charge is 0.266 e. The minimum absolute atomic E-state index is 0.370. The first-order valence-electron chi connectivity index (χ1n) is 5.64. The third-order valence-corrected chi connectivity index (χ3v) is 4.52. The molecule has 0 fully saturated rings. The van der Waals surface area contributed by atoms with E-state index >= 15 is 0 Å². The van der Waals surface area contributed by atoms with Crippen LogP contribution in [0.4, 0.5) is 0 Å². The minimum atomic E-state index is -0.370. The number of thioether (sulfide) groups is 1. The number of nitrogen functional groups attached to an aromatic ring is 1. The van der Waals surface area contributed by atoms with Crippen LogP contribution in [0.1, 0.15) is 16.1 Å². The van der Waals surface area contributed by atoms with Crippen molar-refractivity contribution in [1.82, 2.24) is 10.4 Å². The van der Waals surface area contributed by atoms with Crippen LogP contribution in [0.3, 0.4) is 0 Å². The Bertz CT molecular complexity index is 599. The summed E-state index contributed by atoms with van der Waals surface area (Å²) >= 11 is 13.7. The molecule has 0 radical (unpaired) electrons. The number of halogens is 2. The van der Waals surface area contributed by atoms with E-state index in [-0.39, 0.29) is 5.91 Å². The van der Waals surface area contributed by atoms with E-state index in [2.05, 4.69) is 10.4 Å². The van der Waals surface area contributed by atoms with Gasteiger partial charge in [0.1, 0.15) is 0 Å². The first kappa shape index (κ1) is 15.1. The number of nitrogens with one attached hydrogen (secondary N) is 1. The number of rotatable bonds is 4. The minimum Gasteiger partial charge on any atom is -0.290 e. The van der Waals surface area contributed by atoms with E-state index in [9.17, 15) is 4.79 Å². The summed E-state index contributed by atoms with van der Waals surface area (Å²) in [5.74, 6) is 5.28. The molecule has 0 bridgehead atoms. The summed E-state index contributed by atoms with van der Waals surface area (Å²) in [6, 6.07) is 8.81. The summed E-state index contributed by atoms with van der Waals surface area (Å²) in [6.07, 6.45) is 1.48. The molecule has 0 atom stereocenters. The highest BCUT2D eigenvalue weighted by Gasteiger charge is 2.08. The summed E-state index contributed by atoms with van der Waals surface area (Å²) in [6.45, 7) is 0. The average Bonchev–Trinajstić information content (AvgIpc) is 2.46. The number of hydrazine groups is 1. The van der Waals surface area contributed by atoms with Gasteiger partial charge in [-0.25, -0.2) is 5.84 Å². The maximum Gasteiger partial charge on any atom is 0.266 e. The van der Waals surface area contributed by atoms with Crippen molar-refractivity contribution < 1.29 is 4.79 Å². The van der Waals surface area contributed by atoms with E-state index < -0.39 is 0 Å². The molecule has 1 aromatic carbocycles. The first-order valence-corrected chi connectivity index (χ1v) is 7.38. The third-order valence-electron chi connectivity index (χ3n) is 2.50. The largest absolute Gasteiger partial charge is 0.290 e. The fraction of sp³-hybridized carbons (Fsp3) is 0.0769. The average molecular weight is 328 g/mol. The first-order chi connectivity index (χ1) is 9.61. The summed E-state index contributed by atoms with van der Waals surface area (Å²) in [5, 5.41) is 1.23. The van der Waals surface area contributed by atoms with Gasteiger partial charge in [-0.15, -0.1) is 11.8 Å².